The van der Waals surface area contributed by atoms with Crippen LogP contribution in [0.4, 0.5) is 0 Å². The number of carbonyl (C=O) groups is 2. The Labute approximate surface area is 110 Å². The molecule has 1 amide bonds. The molecule has 1 aromatic rings. The highest BCUT2D eigenvalue weighted by Crippen LogP contribution is 2.16. The molecule has 0 saturated carbocycles. The summed E-state index contributed by atoms with van der Waals surface area (Å²) in [5.41, 5.74) is 0. The van der Waals surface area contributed by atoms with Gasteiger partial charge < -0.3 is 10.4 Å². The van der Waals surface area contributed by atoms with Crippen molar-refractivity contribution in [3.63, 3.8) is 0 Å². The molecule has 5 heteroatoms. The van der Waals surface area contributed by atoms with E-state index in [9.17, 15) is 9.59 Å². The molecule has 98 valence electrons. The zero-order chi connectivity index (χ0) is 13.5. The SMILES string of the molecule is CCC(CC(=O)O)NC(=O)/C=C/c1ccc(C)s1. The number of amides is 1. The molecule has 0 aliphatic rings. The highest BCUT2D eigenvalue weighted by Gasteiger charge is 2.12. The van der Waals surface area contributed by atoms with Crippen molar-refractivity contribution in [2.45, 2.75) is 32.7 Å². The van der Waals surface area contributed by atoms with E-state index in [2.05, 4.69) is 5.32 Å². The second kappa shape index (κ2) is 6.96. The van der Waals surface area contributed by atoms with Gasteiger partial charge in [0.15, 0.2) is 0 Å². The summed E-state index contributed by atoms with van der Waals surface area (Å²) in [7, 11) is 0. The zero-order valence-electron chi connectivity index (χ0n) is 10.5. The number of thiophene rings is 1. The Balaban J connectivity index is 2.49. The van der Waals surface area contributed by atoms with Gasteiger partial charge in [0.2, 0.25) is 5.91 Å². The van der Waals surface area contributed by atoms with Crippen molar-refractivity contribution >= 4 is 29.3 Å². The van der Waals surface area contributed by atoms with E-state index in [4.69, 9.17) is 5.11 Å². The maximum absolute atomic E-state index is 11.6. The number of carbonyl (C=O) groups excluding carboxylic acids is 1. The largest absolute Gasteiger partial charge is 0.481 e. The molecule has 1 rings (SSSR count). The first-order chi connectivity index (χ1) is 8.51. The number of nitrogens with one attached hydrogen (secondary N) is 1. The molecule has 0 aliphatic heterocycles. The second-order valence-electron chi connectivity index (χ2n) is 3.99. The van der Waals surface area contributed by atoms with Crippen LogP contribution < -0.4 is 5.32 Å². The fourth-order valence-electron chi connectivity index (χ4n) is 1.46. The summed E-state index contributed by atoms with van der Waals surface area (Å²) in [6.45, 7) is 3.85. The summed E-state index contributed by atoms with van der Waals surface area (Å²) < 4.78 is 0. The maximum Gasteiger partial charge on any atom is 0.305 e. The first-order valence-corrected chi connectivity index (χ1v) is 6.59. The first kappa shape index (κ1) is 14.4. The third kappa shape index (κ3) is 5.14. The number of carboxylic acid groups (broad SMARTS) is 1. The maximum atomic E-state index is 11.6. The lowest BCUT2D eigenvalue weighted by atomic mass is 10.1. The molecule has 1 atom stereocenters. The van der Waals surface area contributed by atoms with Crippen molar-refractivity contribution < 1.29 is 14.7 Å². The summed E-state index contributed by atoms with van der Waals surface area (Å²) >= 11 is 1.60. The summed E-state index contributed by atoms with van der Waals surface area (Å²) in [4.78, 5) is 24.3. The molecule has 0 aromatic carbocycles. The minimum Gasteiger partial charge on any atom is -0.481 e. The Morgan fingerprint density at radius 3 is 2.72 bits per heavy atom. The third-order valence-electron chi connectivity index (χ3n) is 2.42. The standard InChI is InChI=1S/C13H17NO3S/c1-3-10(8-13(16)17)14-12(15)7-6-11-5-4-9(2)18-11/h4-7,10H,3,8H2,1-2H3,(H,14,15)(H,16,17)/b7-6+. The lowest BCUT2D eigenvalue weighted by Crippen LogP contribution is -2.34. The number of carboxylic acids is 1. The van der Waals surface area contributed by atoms with Gasteiger partial charge in [0.1, 0.15) is 0 Å². The topological polar surface area (TPSA) is 66.4 Å². The van der Waals surface area contributed by atoms with Gasteiger partial charge >= 0.3 is 5.97 Å². The molecule has 1 heterocycles. The Hall–Kier alpha value is -1.62. The highest BCUT2D eigenvalue weighted by atomic mass is 32.1. The fourth-order valence-corrected chi connectivity index (χ4v) is 2.24. The lowest BCUT2D eigenvalue weighted by Gasteiger charge is -2.12. The number of hydrogen-bond acceptors (Lipinski definition) is 3. The van der Waals surface area contributed by atoms with Crippen LogP contribution in [0.15, 0.2) is 18.2 Å². The van der Waals surface area contributed by atoms with Crippen LogP contribution in [0.5, 0.6) is 0 Å². The smallest absolute Gasteiger partial charge is 0.305 e. The summed E-state index contributed by atoms with van der Waals surface area (Å²) in [6, 6.07) is 3.62. The van der Waals surface area contributed by atoms with Crippen LogP contribution >= 0.6 is 11.3 Å². The van der Waals surface area contributed by atoms with Crippen molar-refractivity contribution in [3.8, 4) is 0 Å². The van der Waals surface area contributed by atoms with Gasteiger partial charge in [0.05, 0.1) is 6.42 Å². The molecule has 0 fully saturated rings. The Bertz CT molecular complexity index is 451. The van der Waals surface area contributed by atoms with Crippen LogP contribution in [0.25, 0.3) is 6.08 Å². The van der Waals surface area contributed by atoms with Gasteiger partial charge in [-0.1, -0.05) is 6.92 Å². The molecular formula is C13H17NO3S. The number of aliphatic carboxylic acids is 1. The van der Waals surface area contributed by atoms with Gasteiger partial charge in [-0.05, 0) is 31.6 Å². The van der Waals surface area contributed by atoms with E-state index in [-0.39, 0.29) is 18.4 Å². The van der Waals surface area contributed by atoms with Crippen LogP contribution in [0.2, 0.25) is 0 Å². The van der Waals surface area contributed by atoms with Gasteiger partial charge in [0.25, 0.3) is 0 Å². The normalized spacial score (nSPS) is 12.6. The van der Waals surface area contributed by atoms with E-state index in [1.807, 2.05) is 26.0 Å². The summed E-state index contributed by atoms with van der Waals surface area (Å²) in [5, 5.41) is 11.3. The monoisotopic (exact) mass is 267 g/mol. The van der Waals surface area contributed by atoms with E-state index < -0.39 is 5.97 Å². The first-order valence-electron chi connectivity index (χ1n) is 5.78. The molecule has 18 heavy (non-hydrogen) atoms. The van der Waals surface area contributed by atoms with Gasteiger partial charge in [-0.3, -0.25) is 9.59 Å². The van der Waals surface area contributed by atoms with E-state index in [1.54, 1.807) is 17.4 Å². The van der Waals surface area contributed by atoms with E-state index >= 15 is 0 Å². The predicted octanol–water partition coefficient (Wildman–Crippen LogP) is 2.44. The average molecular weight is 267 g/mol. The fraction of sp³-hybridized carbons (Fsp3) is 0.385. The number of rotatable bonds is 6. The van der Waals surface area contributed by atoms with Crippen molar-refractivity contribution in [1.29, 1.82) is 0 Å². The van der Waals surface area contributed by atoms with Crippen molar-refractivity contribution in [2.75, 3.05) is 0 Å². The molecule has 1 aromatic heterocycles. The molecule has 0 aliphatic carbocycles. The molecule has 0 saturated heterocycles. The van der Waals surface area contributed by atoms with Gasteiger partial charge in [-0.2, -0.15) is 0 Å². The van der Waals surface area contributed by atoms with Gasteiger partial charge in [0, 0.05) is 21.9 Å². The Morgan fingerprint density at radius 1 is 1.50 bits per heavy atom. The van der Waals surface area contributed by atoms with Crippen molar-refractivity contribution in [1.82, 2.24) is 5.32 Å². The van der Waals surface area contributed by atoms with Crippen LogP contribution in [0.3, 0.4) is 0 Å². The van der Waals surface area contributed by atoms with Crippen LogP contribution in [0.1, 0.15) is 29.5 Å². The van der Waals surface area contributed by atoms with Crippen LogP contribution in [-0.2, 0) is 9.59 Å². The molecule has 1 unspecified atom stereocenters. The number of hydrogen-bond donors (Lipinski definition) is 2. The molecule has 2 N–H and O–H groups in total. The van der Waals surface area contributed by atoms with E-state index in [0.29, 0.717) is 6.42 Å². The minimum absolute atomic E-state index is 0.0474. The van der Waals surface area contributed by atoms with Gasteiger partial charge in [-0.15, -0.1) is 11.3 Å². The Kier molecular flexibility index (Phi) is 5.58. The number of aryl methyl sites for hydroxylation is 1. The average Bonchev–Trinajstić information content (AvgIpc) is 2.71. The molecule has 0 spiro atoms. The second-order valence-corrected chi connectivity index (χ2v) is 5.31. The van der Waals surface area contributed by atoms with Crippen LogP contribution in [-0.4, -0.2) is 23.0 Å². The van der Waals surface area contributed by atoms with Gasteiger partial charge in [-0.25, -0.2) is 0 Å². The van der Waals surface area contributed by atoms with Crippen molar-refractivity contribution in [2.24, 2.45) is 0 Å². The van der Waals surface area contributed by atoms with Crippen LogP contribution in [0, 0.1) is 6.92 Å². The zero-order valence-corrected chi connectivity index (χ0v) is 11.3. The van der Waals surface area contributed by atoms with Crippen molar-refractivity contribution in [3.05, 3.63) is 28.0 Å². The quantitative estimate of drug-likeness (QED) is 0.778. The molecule has 4 nitrogen and oxygen atoms in total. The predicted molar refractivity (Wildman–Crippen MR) is 72.6 cm³/mol. The van der Waals surface area contributed by atoms with E-state index in [0.717, 1.165) is 4.88 Å². The summed E-state index contributed by atoms with van der Waals surface area (Å²) in [5.74, 6) is -1.16. The Morgan fingerprint density at radius 2 is 2.22 bits per heavy atom. The molecular weight excluding hydrogens is 250 g/mol. The highest BCUT2D eigenvalue weighted by molar-refractivity contribution is 7.12. The lowest BCUT2D eigenvalue weighted by molar-refractivity contribution is -0.137. The minimum atomic E-state index is -0.903. The summed E-state index contributed by atoms with van der Waals surface area (Å²) in [6.07, 6.45) is 3.73. The third-order valence-corrected chi connectivity index (χ3v) is 3.39. The molecule has 0 bridgehead atoms. The van der Waals surface area contributed by atoms with E-state index in [1.165, 1.54) is 11.0 Å². The molecule has 0 radical (unpaired) electrons.